The number of nitrogens with zero attached hydrogens (tertiary/aromatic N) is 3. The second-order valence-corrected chi connectivity index (χ2v) is 6.62. The molecule has 1 aromatic heterocycles. The van der Waals surface area contributed by atoms with Crippen LogP contribution in [0.2, 0.25) is 5.02 Å². The average molecular weight is 324 g/mol. The van der Waals surface area contributed by atoms with Crippen LogP contribution in [0.15, 0.2) is 36.5 Å². The maximum absolute atomic E-state index is 12.3. The molecule has 23 heavy (non-hydrogen) atoms. The van der Waals surface area contributed by atoms with Gasteiger partial charge in [0.1, 0.15) is 0 Å². The predicted molar refractivity (Wildman–Crippen MR) is 86.7 cm³/mol. The van der Waals surface area contributed by atoms with Crippen LogP contribution in [0.3, 0.4) is 0 Å². The number of Topliss-reactive ketones (excluding diaryl/α,β-unsaturated/α-hetero) is 1. The number of hydrogen-bond donors (Lipinski definition) is 0. The van der Waals surface area contributed by atoms with Gasteiger partial charge in [-0.25, -0.2) is 0 Å². The Hall–Kier alpha value is -2.29. The molecule has 4 nitrogen and oxygen atoms in total. The van der Waals surface area contributed by atoms with Gasteiger partial charge < -0.3 is 5.53 Å². The SMILES string of the molecule is [N-]=[N+]=CC(=O)[C@@H]1C[C@]12c1ccc(Cl)cc1CCc1cccnc12. The number of benzene rings is 1. The largest absolute Gasteiger partial charge is 0.361 e. The Labute approximate surface area is 138 Å². The summed E-state index contributed by atoms with van der Waals surface area (Å²) >= 11 is 6.17. The highest BCUT2D eigenvalue weighted by Crippen LogP contribution is 2.61. The first-order valence-corrected chi connectivity index (χ1v) is 7.99. The Morgan fingerprint density at radius 2 is 2.17 bits per heavy atom. The van der Waals surface area contributed by atoms with E-state index in [0.29, 0.717) is 11.4 Å². The van der Waals surface area contributed by atoms with Crippen LogP contribution in [0.5, 0.6) is 0 Å². The molecule has 2 aliphatic carbocycles. The highest BCUT2D eigenvalue weighted by Gasteiger charge is 2.63. The predicted octanol–water partition coefficient (Wildman–Crippen LogP) is 3.01. The van der Waals surface area contributed by atoms with Crippen molar-refractivity contribution < 1.29 is 9.58 Å². The molecule has 0 unspecified atom stereocenters. The minimum absolute atomic E-state index is 0.160. The van der Waals surface area contributed by atoms with Crippen molar-refractivity contribution in [3.8, 4) is 0 Å². The molecule has 0 bridgehead atoms. The number of pyridine rings is 1. The first-order chi connectivity index (χ1) is 11.2. The average Bonchev–Trinajstić information content (AvgIpc) is 3.31. The summed E-state index contributed by atoms with van der Waals surface area (Å²) in [6, 6.07) is 9.90. The number of carbonyl (C=O) groups is 1. The minimum Gasteiger partial charge on any atom is -0.361 e. The molecule has 2 atom stereocenters. The summed E-state index contributed by atoms with van der Waals surface area (Å²) in [6.45, 7) is 0. The smallest absolute Gasteiger partial charge is 0.323 e. The topological polar surface area (TPSA) is 66.4 Å². The fraction of sp³-hybridized carbons (Fsp3) is 0.278. The quantitative estimate of drug-likeness (QED) is 0.484. The van der Waals surface area contributed by atoms with E-state index < -0.39 is 5.41 Å². The van der Waals surface area contributed by atoms with Gasteiger partial charge >= 0.3 is 6.21 Å². The monoisotopic (exact) mass is 323 g/mol. The Morgan fingerprint density at radius 1 is 1.35 bits per heavy atom. The fourth-order valence-corrected chi connectivity index (χ4v) is 4.15. The third-order valence-electron chi connectivity index (χ3n) is 5.01. The molecule has 0 radical (unpaired) electrons. The van der Waals surface area contributed by atoms with E-state index >= 15 is 0 Å². The van der Waals surface area contributed by atoms with Gasteiger partial charge in [0.25, 0.3) is 0 Å². The van der Waals surface area contributed by atoms with Crippen molar-refractivity contribution in [1.82, 2.24) is 4.98 Å². The zero-order valence-corrected chi connectivity index (χ0v) is 13.1. The third kappa shape index (κ3) is 2.07. The van der Waals surface area contributed by atoms with Gasteiger partial charge in [-0.15, -0.1) is 0 Å². The van der Waals surface area contributed by atoms with Crippen LogP contribution < -0.4 is 0 Å². The van der Waals surface area contributed by atoms with Crippen LogP contribution in [0.4, 0.5) is 0 Å². The van der Waals surface area contributed by atoms with E-state index in [1.54, 1.807) is 6.20 Å². The lowest BCUT2D eigenvalue weighted by atomic mass is 9.85. The van der Waals surface area contributed by atoms with Crippen LogP contribution >= 0.6 is 11.6 Å². The molecular weight excluding hydrogens is 310 g/mol. The van der Waals surface area contributed by atoms with Crippen molar-refractivity contribution in [2.45, 2.75) is 24.7 Å². The minimum atomic E-state index is -0.411. The number of aryl methyl sites for hydroxylation is 2. The molecule has 2 aromatic rings. The lowest BCUT2D eigenvalue weighted by molar-refractivity contribution is -0.117. The molecule has 1 fully saturated rings. The molecule has 0 saturated heterocycles. The van der Waals surface area contributed by atoms with Crippen molar-refractivity contribution in [2.24, 2.45) is 5.92 Å². The molecule has 0 aliphatic heterocycles. The van der Waals surface area contributed by atoms with Crippen molar-refractivity contribution in [1.29, 1.82) is 0 Å². The molecule has 1 saturated carbocycles. The number of fused-ring (bicyclic) bond motifs is 4. The highest BCUT2D eigenvalue weighted by atomic mass is 35.5. The molecule has 0 amide bonds. The van der Waals surface area contributed by atoms with Gasteiger partial charge in [-0.2, -0.15) is 4.79 Å². The van der Waals surface area contributed by atoms with Crippen molar-refractivity contribution in [3.63, 3.8) is 0 Å². The maximum atomic E-state index is 12.3. The van der Waals surface area contributed by atoms with E-state index in [9.17, 15) is 4.79 Å². The maximum Gasteiger partial charge on any atom is 0.323 e. The lowest BCUT2D eigenvalue weighted by Crippen LogP contribution is -2.20. The molecular formula is C18H14ClN3O. The van der Waals surface area contributed by atoms with Gasteiger partial charge in [0.15, 0.2) is 0 Å². The zero-order chi connectivity index (χ0) is 16.0. The molecule has 114 valence electrons. The number of halogens is 1. The van der Waals surface area contributed by atoms with Gasteiger partial charge in [-0.1, -0.05) is 23.7 Å². The van der Waals surface area contributed by atoms with E-state index in [1.165, 1.54) is 11.1 Å². The van der Waals surface area contributed by atoms with E-state index in [0.717, 1.165) is 30.3 Å². The lowest BCUT2D eigenvalue weighted by Gasteiger charge is -2.19. The summed E-state index contributed by atoms with van der Waals surface area (Å²) in [5.74, 6) is -0.392. The summed E-state index contributed by atoms with van der Waals surface area (Å²) in [4.78, 5) is 19.8. The van der Waals surface area contributed by atoms with E-state index in [1.807, 2.05) is 24.3 Å². The zero-order valence-electron chi connectivity index (χ0n) is 12.4. The van der Waals surface area contributed by atoms with Crippen LogP contribution in [0.25, 0.3) is 5.53 Å². The number of hydrogen-bond acceptors (Lipinski definition) is 2. The second-order valence-electron chi connectivity index (χ2n) is 6.19. The van der Waals surface area contributed by atoms with E-state index in [-0.39, 0.29) is 11.7 Å². The second kappa shape index (κ2) is 5.12. The standard InChI is InChI=1S/C18H14ClN3O/c19-13-5-6-14-12(8-13)4-3-11-2-1-7-21-17(11)18(14)9-15(18)16(23)10-22-20/h1-2,5-8,10,15H,3-4,9H2/t15-,18-/m0/s1. The molecule has 1 aromatic carbocycles. The molecule has 4 rings (SSSR count). The van der Waals surface area contributed by atoms with Gasteiger partial charge in [0.05, 0.1) is 5.69 Å². The van der Waals surface area contributed by atoms with Crippen LogP contribution in [-0.2, 0) is 23.1 Å². The highest BCUT2D eigenvalue weighted by molar-refractivity contribution is 6.30. The van der Waals surface area contributed by atoms with Gasteiger partial charge in [-0.3, -0.25) is 9.78 Å². The summed E-state index contributed by atoms with van der Waals surface area (Å²) < 4.78 is 0. The first-order valence-electron chi connectivity index (χ1n) is 7.61. The van der Waals surface area contributed by atoms with E-state index in [2.05, 4.69) is 15.8 Å². The Balaban J connectivity index is 1.94. The number of rotatable bonds is 2. The van der Waals surface area contributed by atoms with Crippen molar-refractivity contribution in [3.05, 3.63) is 69.5 Å². The van der Waals surface area contributed by atoms with Gasteiger partial charge in [0.2, 0.25) is 5.78 Å². The van der Waals surface area contributed by atoms with Crippen LogP contribution in [0.1, 0.15) is 28.8 Å². The normalized spacial score (nSPS) is 24.1. The Kier molecular flexibility index (Phi) is 3.19. The first kappa shape index (κ1) is 14.3. The number of ketones is 1. The van der Waals surface area contributed by atoms with Crippen molar-refractivity contribution in [2.75, 3.05) is 0 Å². The van der Waals surface area contributed by atoms with Crippen molar-refractivity contribution >= 4 is 23.6 Å². The summed E-state index contributed by atoms with van der Waals surface area (Å²) in [5.41, 5.74) is 12.7. The Morgan fingerprint density at radius 3 is 3.00 bits per heavy atom. The van der Waals surface area contributed by atoms with Crippen LogP contribution in [0, 0.1) is 5.92 Å². The number of carbonyl (C=O) groups excluding carboxylic acids is 1. The molecule has 5 heteroatoms. The van der Waals surface area contributed by atoms with Crippen LogP contribution in [-0.4, -0.2) is 21.8 Å². The number of aromatic nitrogens is 1. The van der Waals surface area contributed by atoms with Gasteiger partial charge in [0, 0.05) is 22.6 Å². The molecule has 0 N–H and O–H groups in total. The fourth-order valence-electron chi connectivity index (χ4n) is 3.96. The summed E-state index contributed by atoms with van der Waals surface area (Å²) in [6.07, 6.45) is 5.24. The molecule has 1 spiro atoms. The Bertz CT molecular complexity index is 872. The third-order valence-corrected chi connectivity index (χ3v) is 5.25. The molecule has 2 aliphatic rings. The summed E-state index contributed by atoms with van der Waals surface area (Å²) in [7, 11) is 0. The summed E-state index contributed by atoms with van der Waals surface area (Å²) in [5, 5.41) is 0.707. The molecule has 1 heterocycles. The van der Waals surface area contributed by atoms with E-state index in [4.69, 9.17) is 17.1 Å². The van der Waals surface area contributed by atoms with Gasteiger partial charge in [-0.05, 0) is 54.2 Å².